The number of benzene rings is 2. The maximum Gasteiger partial charge on any atom is 0.270 e. The molecule has 11 heteroatoms. The molecule has 1 N–H and O–H groups in total. The Labute approximate surface area is 182 Å². The van der Waals surface area contributed by atoms with Crippen molar-refractivity contribution in [3.63, 3.8) is 0 Å². The highest BCUT2D eigenvalue weighted by Gasteiger charge is 2.32. The lowest BCUT2D eigenvalue weighted by Crippen LogP contribution is -2.34. The molecule has 0 bridgehead atoms. The summed E-state index contributed by atoms with van der Waals surface area (Å²) in [5.74, 6) is -0.367. The Hall–Kier alpha value is -3.31. The summed E-state index contributed by atoms with van der Waals surface area (Å²) < 4.78 is 25.5. The van der Waals surface area contributed by atoms with Crippen LogP contribution in [0.3, 0.4) is 0 Å². The topological polar surface area (TPSA) is 123 Å². The van der Waals surface area contributed by atoms with Gasteiger partial charge in [0, 0.05) is 34.7 Å². The second-order valence-electron chi connectivity index (χ2n) is 7.25. The third-order valence-electron chi connectivity index (χ3n) is 4.93. The van der Waals surface area contributed by atoms with Crippen molar-refractivity contribution < 1.29 is 18.1 Å². The van der Waals surface area contributed by atoms with Gasteiger partial charge in [0.1, 0.15) is 0 Å². The van der Waals surface area contributed by atoms with Crippen LogP contribution in [0.5, 0.6) is 0 Å². The van der Waals surface area contributed by atoms with E-state index in [2.05, 4.69) is 10.3 Å². The summed E-state index contributed by atoms with van der Waals surface area (Å²) >= 11 is 1.21. The van der Waals surface area contributed by atoms with Crippen molar-refractivity contribution in [2.45, 2.75) is 19.4 Å². The summed E-state index contributed by atoms with van der Waals surface area (Å²) in [6.45, 7) is 1.83. The monoisotopic (exact) mass is 458 g/mol. The van der Waals surface area contributed by atoms with E-state index in [4.69, 9.17) is 0 Å². The van der Waals surface area contributed by atoms with Gasteiger partial charge in [0.25, 0.3) is 11.6 Å². The SMILES string of the molecule is C[C@H]1Cc2cc(C(=O)Nc3nc(-c4cccc([N+](=O)[O-])c4)cs3)ccc2N1S(C)(=O)=O. The lowest BCUT2D eigenvalue weighted by Gasteiger charge is -2.21. The highest BCUT2D eigenvalue weighted by atomic mass is 32.2. The minimum absolute atomic E-state index is 0.0356. The van der Waals surface area contributed by atoms with Crippen LogP contribution in [0.25, 0.3) is 11.3 Å². The Bertz CT molecular complexity index is 1300. The summed E-state index contributed by atoms with van der Waals surface area (Å²) in [7, 11) is -3.40. The number of nitrogens with zero attached hydrogens (tertiary/aromatic N) is 3. The van der Waals surface area contributed by atoms with Crippen molar-refractivity contribution >= 4 is 43.8 Å². The number of thiazole rings is 1. The molecule has 1 amide bonds. The predicted molar refractivity (Wildman–Crippen MR) is 119 cm³/mol. The van der Waals surface area contributed by atoms with Gasteiger partial charge in [-0.15, -0.1) is 11.3 Å². The van der Waals surface area contributed by atoms with Crippen LogP contribution in [0.1, 0.15) is 22.8 Å². The van der Waals surface area contributed by atoms with Crippen molar-refractivity contribution in [1.29, 1.82) is 0 Å². The van der Waals surface area contributed by atoms with E-state index in [-0.39, 0.29) is 17.6 Å². The second kappa shape index (κ2) is 7.75. The molecular formula is C20H18N4O5S2. The minimum atomic E-state index is -3.40. The fourth-order valence-electron chi connectivity index (χ4n) is 3.66. The first-order chi connectivity index (χ1) is 14.6. The number of amides is 1. The zero-order chi connectivity index (χ0) is 22.3. The molecule has 1 aromatic heterocycles. The average molecular weight is 459 g/mol. The lowest BCUT2D eigenvalue weighted by atomic mass is 10.1. The molecule has 3 aromatic rings. The van der Waals surface area contributed by atoms with Crippen LogP contribution in [-0.4, -0.2) is 36.5 Å². The van der Waals surface area contributed by atoms with Gasteiger partial charge in [0.15, 0.2) is 5.13 Å². The number of fused-ring (bicyclic) bond motifs is 1. The average Bonchev–Trinajstić information content (AvgIpc) is 3.30. The van der Waals surface area contributed by atoms with Crippen molar-refractivity contribution in [3.8, 4) is 11.3 Å². The first kappa shape index (κ1) is 20.9. The number of carbonyl (C=O) groups excluding carboxylic acids is 1. The first-order valence-electron chi connectivity index (χ1n) is 9.27. The van der Waals surface area contributed by atoms with Gasteiger partial charge in [-0.2, -0.15) is 0 Å². The molecule has 1 aliphatic rings. The van der Waals surface area contributed by atoms with E-state index in [1.54, 1.807) is 35.7 Å². The number of hydrogen-bond acceptors (Lipinski definition) is 7. The summed E-state index contributed by atoms with van der Waals surface area (Å²) in [5.41, 5.74) is 2.85. The van der Waals surface area contributed by atoms with E-state index in [0.717, 1.165) is 5.56 Å². The maximum absolute atomic E-state index is 12.7. The van der Waals surface area contributed by atoms with E-state index in [0.29, 0.717) is 34.1 Å². The third-order valence-corrected chi connectivity index (χ3v) is 6.96. The quantitative estimate of drug-likeness (QED) is 0.460. The number of nitrogens with one attached hydrogen (secondary N) is 1. The Balaban J connectivity index is 1.53. The van der Waals surface area contributed by atoms with Gasteiger partial charge in [0.05, 0.1) is 22.6 Å². The first-order valence-corrected chi connectivity index (χ1v) is 12.0. The van der Waals surface area contributed by atoms with Gasteiger partial charge in [-0.1, -0.05) is 12.1 Å². The maximum atomic E-state index is 12.7. The van der Waals surface area contributed by atoms with Crippen LogP contribution in [0.15, 0.2) is 47.8 Å². The van der Waals surface area contributed by atoms with E-state index < -0.39 is 14.9 Å². The van der Waals surface area contributed by atoms with Gasteiger partial charge in [-0.25, -0.2) is 13.4 Å². The molecular weight excluding hydrogens is 440 g/mol. The van der Waals surface area contributed by atoms with Gasteiger partial charge in [-0.3, -0.25) is 24.5 Å². The number of anilines is 2. The highest BCUT2D eigenvalue weighted by molar-refractivity contribution is 7.92. The summed E-state index contributed by atoms with van der Waals surface area (Å²) in [4.78, 5) is 27.5. The van der Waals surface area contributed by atoms with E-state index in [1.165, 1.54) is 34.0 Å². The smallest absolute Gasteiger partial charge is 0.270 e. The number of nitro groups is 1. The molecule has 0 radical (unpaired) electrons. The molecule has 1 atom stereocenters. The van der Waals surface area contributed by atoms with Gasteiger partial charge < -0.3 is 0 Å². The Kier molecular flexibility index (Phi) is 5.23. The molecule has 2 heterocycles. The van der Waals surface area contributed by atoms with Crippen LogP contribution in [-0.2, 0) is 16.4 Å². The predicted octanol–water partition coefficient (Wildman–Crippen LogP) is 3.68. The molecule has 160 valence electrons. The number of aromatic nitrogens is 1. The number of carbonyl (C=O) groups is 1. The van der Waals surface area contributed by atoms with Gasteiger partial charge in [0.2, 0.25) is 10.0 Å². The second-order valence-corrected chi connectivity index (χ2v) is 9.97. The van der Waals surface area contributed by atoms with E-state index in [9.17, 15) is 23.3 Å². The van der Waals surface area contributed by atoms with Crippen molar-refractivity contribution in [1.82, 2.24) is 4.98 Å². The molecule has 0 saturated heterocycles. The molecule has 9 nitrogen and oxygen atoms in total. The minimum Gasteiger partial charge on any atom is -0.298 e. The third kappa shape index (κ3) is 4.14. The van der Waals surface area contributed by atoms with E-state index in [1.807, 2.05) is 6.92 Å². The van der Waals surface area contributed by atoms with Crippen LogP contribution >= 0.6 is 11.3 Å². The normalized spacial score (nSPS) is 15.5. The molecule has 0 spiro atoms. The number of hydrogen-bond donors (Lipinski definition) is 1. The summed E-state index contributed by atoms with van der Waals surface area (Å²) in [6.07, 6.45) is 1.69. The fourth-order valence-corrected chi connectivity index (χ4v) is 5.64. The molecule has 0 aliphatic carbocycles. The van der Waals surface area contributed by atoms with Crippen LogP contribution in [0.4, 0.5) is 16.5 Å². The molecule has 0 unspecified atom stereocenters. The zero-order valence-electron chi connectivity index (χ0n) is 16.6. The number of rotatable bonds is 5. The molecule has 0 saturated carbocycles. The molecule has 0 fully saturated rings. The standard InChI is InChI=1S/C20H18N4O5S2/c1-12-8-15-9-14(6-7-18(15)23(12)31(2,28)29)19(25)22-20-21-17(11-30-20)13-4-3-5-16(10-13)24(26)27/h3-7,9-12H,8H2,1-2H3,(H,21,22,25)/t12-/m0/s1. The van der Waals surface area contributed by atoms with Gasteiger partial charge >= 0.3 is 0 Å². The number of nitro benzene ring substituents is 1. The van der Waals surface area contributed by atoms with E-state index >= 15 is 0 Å². The zero-order valence-corrected chi connectivity index (χ0v) is 18.2. The number of sulfonamides is 1. The number of non-ortho nitro benzene ring substituents is 1. The Morgan fingerprint density at radius 1 is 1.29 bits per heavy atom. The molecule has 2 aromatic carbocycles. The highest BCUT2D eigenvalue weighted by Crippen LogP contribution is 2.35. The molecule has 1 aliphatic heterocycles. The fraction of sp³-hybridized carbons (Fsp3) is 0.200. The van der Waals surface area contributed by atoms with Gasteiger partial charge in [-0.05, 0) is 37.1 Å². The van der Waals surface area contributed by atoms with Crippen molar-refractivity contribution in [2.24, 2.45) is 0 Å². The molecule has 4 rings (SSSR count). The summed E-state index contributed by atoms with van der Waals surface area (Å²) in [5, 5.41) is 15.8. The van der Waals surface area contributed by atoms with Crippen molar-refractivity contribution in [2.75, 3.05) is 15.9 Å². The van der Waals surface area contributed by atoms with Crippen LogP contribution in [0.2, 0.25) is 0 Å². The summed E-state index contributed by atoms with van der Waals surface area (Å²) in [6, 6.07) is 10.8. The Morgan fingerprint density at radius 2 is 2.06 bits per heavy atom. The van der Waals surface area contributed by atoms with Crippen molar-refractivity contribution in [3.05, 3.63) is 69.1 Å². The lowest BCUT2D eigenvalue weighted by molar-refractivity contribution is -0.384. The molecule has 31 heavy (non-hydrogen) atoms. The van der Waals surface area contributed by atoms with Crippen LogP contribution in [0, 0.1) is 10.1 Å². The van der Waals surface area contributed by atoms with Crippen LogP contribution < -0.4 is 9.62 Å². The Morgan fingerprint density at radius 3 is 2.77 bits per heavy atom. The largest absolute Gasteiger partial charge is 0.298 e.